The summed E-state index contributed by atoms with van der Waals surface area (Å²) >= 11 is 1.48. The number of hydrogen-bond donors (Lipinski definition) is 0. The molecule has 0 saturated heterocycles. The normalized spacial score (nSPS) is 10.2. The summed E-state index contributed by atoms with van der Waals surface area (Å²) in [5.74, 6) is 1.53. The van der Waals surface area contributed by atoms with Crippen molar-refractivity contribution >= 4 is 17.1 Å². The first-order valence-corrected chi connectivity index (χ1v) is 6.79. The third-order valence-corrected chi connectivity index (χ3v) is 3.45. The SMILES string of the molecule is COc1cccc(OCCc2nc(C(C)=O)cs2)c1. The predicted molar refractivity (Wildman–Crippen MR) is 74.3 cm³/mol. The molecule has 0 aliphatic carbocycles. The van der Waals surface area contributed by atoms with E-state index in [9.17, 15) is 4.79 Å². The van der Waals surface area contributed by atoms with Gasteiger partial charge in [-0.25, -0.2) is 4.98 Å². The number of carbonyl (C=O) groups excluding carboxylic acids is 1. The van der Waals surface area contributed by atoms with Crippen molar-refractivity contribution in [1.29, 1.82) is 0 Å². The highest BCUT2D eigenvalue weighted by Crippen LogP contribution is 2.19. The maximum absolute atomic E-state index is 11.1. The van der Waals surface area contributed by atoms with Crippen LogP contribution in [0.5, 0.6) is 11.5 Å². The lowest BCUT2D eigenvalue weighted by atomic mass is 10.3. The number of ether oxygens (including phenoxy) is 2. The van der Waals surface area contributed by atoms with Crippen molar-refractivity contribution in [3.05, 3.63) is 40.3 Å². The average molecular weight is 277 g/mol. The van der Waals surface area contributed by atoms with Crippen LogP contribution in [0.1, 0.15) is 22.4 Å². The molecule has 0 bridgehead atoms. The molecule has 0 amide bonds. The fraction of sp³-hybridized carbons (Fsp3) is 0.286. The molecule has 0 radical (unpaired) electrons. The molecule has 0 saturated carbocycles. The van der Waals surface area contributed by atoms with Crippen molar-refractivity contribution in [1.82, 2.24) is 4.98 Å². The van der Waals surface area contributed by atoms with Gasteiger partial charge in [0.05, 0.1) is 18.7 Å². The fourth-order valence-electron chi connectivity index (χ4n) is 1.53. The summed E-state index contributed by atoms with van der Waals surface area (Å²) in [5, 5.41) is 2.69. The molecule has 0 aliphatic heterocycles. The number of benzene rings is 1. The maximum Gasteiger partial charge on any atom is 0.178 e. The van der Waals surface area contributed by atoms with Crippen LogP contribution in [0.4, 0.5) is 0 Å². The molecule has 0 spiro atoms. The highest BCUT2D eigenvalue weighted by molar-refractivity contribution is 7.09. The van der Waals surface area contributed by atoms with Crippen LogP contribution in [0.2, 0.25) is 0 Å². The Balaban J connectivity index is 1.86. The first-order valence-electron chi connectivity index (χ1n) is 5.91. The summed E-state index contributed by atoms with van der Waals surface area (Å²) in [6.07, 6.45) is 0.690. The van der Waals surface area contributed by atoms with Crippen molar-refractivity contribution in [2.24, 2.45) is 0 Å². The number of ketones is 1. The fourth-order valence-corrected chi connectivity index (χ4v) is 2.35. The standard InChI is InChI=1S/C14H15NO3S/c1-10(16)13-9-19-14(15-13)6-7-18-12-5-3-4-11(8-12)17-2/h3-5,8-9H,6-7H2,1-2H3. The summed E-state index contributed by atoms with van der Waals surface area (Å²) < 4.78 is 10.7. The van der Waals surface area contributed by atoms with Crippen LogP contribution in [0.15, 0.2) is 29.6 Å². The second-order valence-electron chi connectivity index (χ2n) is 3.96. The first-order chi connectivity index (χ1) is 9.19. The summed E-state index contributed by atoms with van der Waals surface area (Å²) in [6.45, 7) is 2.05. The third kappa shape index (κ3) is 3.79. The Morgan fingerprint density at radius 3 is 2.84 bits per heavy atom. The third-order valence-electron chi connectivity index (χ3n) is 2.54. The minimum absolute atomic E-state index is 0.00351. The van der Waals surface area contributed by atoms with E-state index in [4.69, 9.17) is 9.47 Å². The highest BCUT2D eigenvalue weighted by atomic mass is 32.1. The lowest BCUT2D eigenvalue weighted by molar-refractivity contribution is 0.101. The molecule has 5 heteroatoms. The van der Waals surface area contributed by atoms with E-state index in [1.165, 1.54) is 18.3 Å². The molecule has 2 aromatic rings. The van der Waals surface area contributed by atoms with Crippen LogP contribution in [0.3, 0.4) is 0 Å². The summed E-state index contributed by atoms with van der Waals surface area (Å²) in [4.78, 5) is 15.4. The highest BCUT2D eigenvalue weighted by Gasteiger charge is 2.06. The molecule has 0 atom stereocenters. The first kappa shape index (κ1) is 13.5. The lowest BCUT2D eigenvalue weighted by Gasteiger charge is -2.06. The Hall–Kier alpha value is -1.88. The molecular formula is C14H15NO3S. The second-order valence-corrected chi connectivity index (χ2v) is 4.90. The summed E-state index contributed by atoms with van der Waals surface area (Å²) in [6, 6.07) is 7.46. The number of Topliss-reactive ketones (excluding diaryl/α,β-unsaturated/α-hetero) is 1. The zero-order valence-electron chi connectivity index (χ0n) is 10.9. The van der Waals surface area contributed by atoms with Gasteiger partial charge in [0, 0.05) is 24.8 Å². The minimum Gasteiger partial charge on any atom is -0.497 e. The largest absolute Gasteiger partial charge is 0.497 e. The Morgan fingerprint density at radius 2 is 2.16 bits per heavy atom. The number of carbonyl (C=O) groups is 1. The van der Waals surface area contributed by atoms with E-state index in [0.717, 1.165) is 16.5 Å². The molecule has 0 fully saturated rings. The van der Waals surface area contributed by atoms with Crippen LogP contribution in [0.25, 0.3) is 0 Å². The van der Waals surface area contributed by atoms with Gasteiger partial charge in [0.2, 0.25) is 0 Å². The Labute approximate surface area is 116 Å². The van der Waals surface area contributed by atoms with Gasteiger partial charge in [-0.3, -0.25) is 4.79 Å². The van der Waals surface area contributed by atoms with Gasteiger partial charge in [0.15, 0.2) is 5.78 Å². The molecule has 0 unspecified atom stereocenters. The summed E-state index contributed by atoms with van der Waals surface area (Å²) in [5.41, 5.74) is 0.529. The molecular weight excluding hydrogens is 262 g/mol. The van der Waals surface area contributed by atoms with E-state index in [2.05, 4.69) is 4.98 Å². The zero-order valence-corrected chi connectivity index (χ0v) is 11.7. The van der Waals surface area contributed by atoms with Crippen LogP contribution in [-0.4, -0.2) is 24.5 Å². The maximum atomic E-state index is 11.1. The number of hydrogen-bond acceptors (Lipinski definition) is 5. The van der Waals surface area contributed by atoms with Gasteiger partial charge in [-0.05, 0) is 12.1 Å². The molecule has 0 aliphatic rings. The molecule has 4 nitrogen and oxygen atoms in total. The molecule has 1 aromatic carbocycles. The second kappa shape index (κ2) is 6.33. The Kier molecular flexibility index (Phi) is 4.52. The van der Waals surface area contributed by atoms with Crippen molar-refractivity contribution < 1.29 is 14.3 Å². The lowest BCUT2D eigenvalue weighted by Crippen LogP contribution is -2.02. The van der Waals surface area contributed by atoms with Gasteiger partial charge >= 0.3 is 0 Å². The Morgan fingerprint density at radius 1 is 1.37 bits per heavy atom. The topological polar surface area (TPSA) is 48.4 Å². The summed E-state index contributed by atoms with van der Waals surface area (Å²) in [7, 11) is 1.62. The zero-order chi connectivity index (χ0) is 13.7. The van der Waals surface area contributed by atoms with Gasteiger partial charge < -0.3 is 9.47 Å². The van der Waals surface area contributed by atoms with Crippen LogP contribution in [-0.2, 0) is 6.42 Å². The van der Waals surface area contributed by atoms with Crippen molar-refractivity contribution in [3.8, 4) is 11.5 Å². The van der Waals surface area contributed by atoms with Gasteiger partial charge in [0.1, 0.15) is 17.2 Å². The van der Waals surface area contributed by atoms with Crippen LogP contribution >= 0.6 is 11.3 Å². The average Bonchev–Trinajstić information content (AvgIpc) is 2.88. The van der Waals surface area contributed by atoms with Crippen molar-refractivity contribution in [2.75, 3.05) is 13.7 Å². The number of methoxy groups -OCH3 is 1. The van der Waals surface area contributed by atoms with E-state index in [-0.39, 0.29) is 5.78 Å². The van der Waals surface area contributed by atoms with E-state index in [0.29, 0.717) is 18.7 Å². The number of aromatic nitrogens is 1. The Bertz CT molecular complexity index is 565. The van der Waals surface area contributed by atoms with E-state index >= 15 is 0 Å². The molecule has 1 aromatic heterocycles. The van der Waals surface area contributed by atoms with Gasteiger partial charge in [-0.15, -0.1) is 11.3 Å². The quantitative estimate of drug-likeness (QED) is 0.762. The van der Waals surface area contributed by atoms with E-state index < -0.39 is 0 Å². The number of thiazole rings is 1. The smallest absolute Gasteiger partial charge is 0.178 e. The minimum atomic E-state index is -0.00351. The van der Waals surface area contributed by atoms with Crippen molar-refractivity contribution in [3.63, 3.8) is 0 Å². The monoisotopic (exact) mass is 277 g/mol. The van der Waals surface area contributed by atoms with Gasteiger partial charge in [0.25, 0.3) is 0 Å². The molecule has 2 rings (SSSR count). The number of rotatable bonds is 6. The molecule has 1 heterocycles. The van der Waals surface area contributed by atoms with Gasteiger partial charge in [-0.2, -0.15) is 0 Å². The van der Waals surface area contributed by atoms with E-state index in [1.54, 1.807) is 12.5 Å². The predicted octanol–water partition coefficient (Wildman–Crippen LogP) is 2.98. The van der Waals surface area contributed by atoms with Crippen LogP contribution in [0, 0.1) is 0 Å². The molecule has 100 valence electrons. The van der Waals surface area contributed by atoms with Gasteiger partial charge in [-0.1, -0.05) is 6.07 Å². The van der Waals surface area contributed by atoms with Crippen LogP contribution < -0.4 is 9.47 Å². The van der Waals surface area contributed by atoms with Crippen molar-refractivity contribution in [2.45, 2.75) is 13.3 Å². The number of nitrogens with zero attached hydrogens (tertiary/aromatic N) is 1. The van der Waals surface area contributed by atoms with E-state index in [1.807, 2.05) is 24.3 Å². The molecule has 19 heavy (non-hydrogen) atoms. The molecule has 0 N–H and O–H groups in total.